The molecule has 2 heterocycles. The summed E-state index contributed by atoms with van der Waals surface area (Å²) in [4.78, 5) is 8.56. The van der Waals surface area contributed by atoms with Crippen molar-refractivity contribution < 1.29 is 4.74 Å². The summed E-state index contributed by atoms with van der Waals surface area (Å²) in [6.45, 7) is 3.59. The van der Waals surface area contributed by atoms with E-state index in [0.29, 0.717) is 6.10 Å². The molecule has 0 unspecified atom stereocenters. The van der Waals surface area contributed by atoms with Crippen LogP contribution in [0.4, 0.5) is 11.6 Å². The average molecular weight is 222 g/mol. The summed E-state index contributed by atoms with van der Waals surface area (Å²) in [6, 6.07) is 1.90. The van der Waals surface area contributed by atoms with Crippen LogP contribution in [0, 0.1) is 6.92 Å². The fraction of sp³-hybridized carbons (Fsp3) is 0.636. The van der Waals surface area contributed by atoms with Gasteiger partial charge in [0.15, 0.2) is 0 Å². The summed E-state index contributed by atoms with van der Waals surface area (Å²) in [5.74, 6) is 2.45. The number of ether oxygens (including phenoxy) is 1. The molecule has 0 saturated carbocycles. The monoisotopic (exact) mass is 222 g/mol. The fourth-order valence-electron chi connectivity index (χ4n) is 1.81. The second kappa shape index (κ2) is 5.12. The van der Waals surface area contributed by atoms with Crippen LogP contribution in [0.1, 0.15) is 18.7 Å². The predicted octanol–water partition coefficient (Wildman–Crippen LogP) is 1.42. The zero-order valence-corrected chi connectivity index (χ0v) is 9.79. The van der Waals surface area contributed by atoms with Crippen LogP contribution in [-0.4, -0.2) is 36.3 Å². The number of aromatic nitrogens is 2. The minimum atomic E-state index is 0.327. The molecule has 0 aliphatic carbocycles. The number of rotatable bonds is 4. The van der Waals surface area contributed by atoms with Crippen LogP contribution in [-0.2, 0) is 4.74 Å². The summed E-state index contributed by atoms with van der Waals surface area (Å²) in [5, 5.41) is 6.30. The second-order valence-electron chi connectivity index (χ2n) is 3.95. The van der Waals surface area contributed by atoms with E-state index >= 15 is 0 Å². The number of nitrogens with one attached hydrogen (secondary N) is 2. The van der Waals surface area contributed by atoms with Crippen molar-refractivity contribution in [1.29, 1.82) is 0 Å². The Bertz CT molecular complexity index is 350. The lowest BCUT2D eigenvalue weighted by atomic mass is 10.2. The second-order valence-corrected chi connectivity index (χ2v) is 3.95. The quantitative estimate of drug-likeness (QED) is 0.806. The van der Waals surface area contributed by atoms with E-state index in [1.807, 2.05) is 20.0 Å². The summed E-state index contributed by atoms with van der Waals surface area (Å²) in [7, 11) is 1.85. The van der Waals surface area contributed by atoms with Gasteiger partial charge in [-0.05, 0) is 19.8 Å². The number of hydrogen-bond acceptors (Lipinski definition) is 5. The molecule has 5 nitrogen and oxygen atoms in total. The van der Waals surface area contributed by atoms with E-state index in [1.165, 1.54) is 0 Å². The normalized spacial score (nSPS) is 19.8. The molecular weight excluding hydrogens is 204 g/mol. The van der Waals surface area contributed by atoms with Gasteiger partial charge in [0.05, 0.1) is 6.10 Å². The average Bonchev–Trinajstić information content (AvgIpc) is 2.78. The van der Waals surface area contributed by atoms with Gasteiger partial charge in [0.1, 0.15) is 17.5 Å². The highest BCUT2D eigenvalue weighted by Gasteiger charge is 2.15. The third kappa shape index (κ3) is 2.82. The maximum Gasteiger partial charge on any atom is 0.131 e. The van der Waals surface area contributed by atoms with Gasteiger partial charge in [-0.15, -0.1) is 0 Å². The molecule has 5 heteroatoms. The Hall–Kier alpha value is -1.36. The molecule has 1 aliphatic heterocycles. The lowest BCUT2D eigenvalue weighted by molar-refractivity contribution is 0.120. The van der Waals surface area contributed by atoms with E-state index in [0.717, 1.165) is 43.5 Å². The molecule has 1 aromatic heterocycles. The Balaban J connectivity index is 1.94. The first-order valence-corrected chi connectivity index (χ1v) is 5.67. The Labute approximate surface area is 95.6 Å². The van der Waals surface area contributed by atoms with Crippen LogP contribution >= 0.6 is 0 Å². The van der Waals surface area contributed by atoms with Crippen LogP contribution in [0.15, 0.2) is 6.07 Å². The van der Waals surface area contributed by atoms with Crippen molar-refractivity contribution in [1.82, 2.24) is 9.97 Å². The van der Waals surface area contributed by atoms with Crippen LogP contribution in [0.25, 0.3) is 0 Å². The lowest BCUT2D eigenvalue weighted by Gasteiger charge is -2.12. The molecule has 88 valence electrons. The van der Waals surface area contributed by atoms with E-state index in [2.05, 4.69) is 20.6 Å². The van der Waals surface area contributed by atoms with Gasteiger partial charge >= 0.3 is 0 Å². The Morgan fingerprint density at radius 1 is 1.44 bits per heavy atom. The van der Waals surface area contributed by atoms with Crippen molar-refractivity contribution in [2.75, 3.05) is 30.8 Å². The first kappa shape index (κ1) is 11.1. The maximum atomic E-state index is 5.54. The van der Waals surface area contributed by atoms with Crippen molar-refractivity contribution in [2.24, 2.45) is 0 Å². The van der Waals surface area contributed by atoms with Gasteiger partial charge in [-0.3, -0.25) is 0 Å². The van der Waals surface area contributed by atoms with Gasteiger partial charge in [-0.1, -0.05) is 0 Å². The van der Waals surface area contributed by atoms with Crippen molar-refractivity contribution >= 4 is 11.6 Å². The standard InChI is InChI=1S/C11H18N4O/c1-8-14-10(12-2)6-11(15-8)13-7-9-4-3-5-16-9/h6,9H,3-5,7H2,1-2H3,(H2,12,13,14,15)/t9-/m1/s1. The SMILES string of the molecule is CNc1cc(NC[C@H]2CCCO2)nc(C)n1. The van der Waals surface area contributed by atoms with Gasteiger partial charge in [0.25, 0.3) is 0 Å². The van der Waals surface area contributed by atoms with Gasteiger partial charge in [0.2, 0.25) is 0 Å². The third-order valence-corrected chi connectivity index (χ3v) is 2.63. The van der Waals surface area contributed by atoms with Crippen molar-refractivity contribution in [3.63, 3.8) is 0 Å². The van der Waals surface area contributed by atoms with Crippen molar-refractivity contribution in [3.05, 3.63) is 11.9 Å². The van der Waals surface area contributed by atoms with Gasteiger partial charge < -0.3 is 15.4 Å². The summed E-state index contributed by atoms with van der Waals surface area (Å²) >= 11 is 0. The number of aryl methyl sites for hydroxylation is 1. The maximum absolute atomic E-state index is 5.54. The molecule has 1 fully saturated rings. The minimum absolute atomic E-state index is 0.327. The van der Waals surface area contributed by atoms with Crippen LogP contribution in [0.3, 0.4) is 0 Å². The van der Waals surface area contributed by atoms with E-state index < -0.39 is 0 Å². The number of nitrogens with zero attached hydrogens (tertiary/aromatic N) is 2. The molecule has 0 aromatic carbocycles. The van der Waals surface area contributed by atoms with Crippen molar-refractivity contribution in [2.45, 2.75) is 25.9 Å². The summed E-state index contributed by atoms with van der Waals surface area (Å²) in [6.07, 6.45) is 2.63. The predicted molar refractivity (Wildman–Crippen MR) is 63.8 cm³/mol. The molecule has 1 aromatic rings. The lowest BCUT2D eigenvalue weighted by Crippen LogP contribution is -2.19. The Morgan fingerprint density at radius 3 is 2.94 bits per heavy atom. The van der Waals surface area contributed by atoms with E-state index in [4.69, 9.17) is 4.74 Å². The van der Waals surface area contributed by atoms with Crippen LogP contribution in [0.2, 0.25) is 0 Å². The smallest absolute Gasteiger partial charge is 0.131 e. The zero-order valence-electron chi connectivity index (χ0n) is 9.79. The zero-order chi connectivity index (χ0) is 11.4. The molecule has 1 atom stereocenters. The Morgan fingerprint density at radius 2 is 2.25 bits per heavy atom. The highest BCUT2D eigenvalue weighted by atomic mass is 16.5. The molecule has 0 spiro atoms. The van der Waals surface area contributed by atoms with Crippen LogP contribution < -0.4 is 10.6 Å². The molecule has 2 N–H and O–H groups in total. The highest BCUT2D eigenvalue weighted by molar-refractivity contribution is 5.47. The summed E-state index contributed by atoms with van der Waals surface area (Å²) in [5.41, 5.74) is 0. The van der Waals surface area contributed by atoms with Crippen molar-refractivity contribution in [3.8, 4) is 0 Å². The molecule has 0 radical (unpaired) electrons. The van der Waals surface area contributed by atoms with Gasteiger partial charge in [-0.25, -0.2) is 9.97 Å². The molecule has 0 amide bonds. The molecule has 0 bridgehead atoms. The third-order valence-electron chi connectivity index (χ3n) is 2.63. The summed E-state index contributed by atoms with van der Waals surface area (Å²) < 4.78 is 5.54. The molecular formula is C11H18N4O. The van der Waals surface area contributed by atoms with E-state index in [9.17, 15) is 0 Å². The minimum Gasteiger partial charge on any atom is -0.376 e. The number of anilines is 2. The molecule has 1 aliphatic rings. The largest absolute Gasteiger partial charge is 0.376 e. The van der Waals surface area contributed by atoms with E-state index in [-0.39, 0.29) is 0 Å². The first-order chi connectivity index (χ1) is 7.78. The molecule has 2 rings (SSSR count). The molecule has 1 saturated heterocycles. The van der Waals surface area contributed by atoms with Gasteiger partial charge in [0, 0.05) is 26.3 Å². The number of hydrogen-bond donors (Lipinski definition) is 2. The first-order valence-electron chi connectivity index (χ1n) is 5.67. The Kier molecular flexibility index (Phi) is 3.56. The topological polar surface area (TPSA) is 59.1 Å². The fourth-order valence-corrected chi connectivity index (χ4v) is 1.81. The van der Waals surface area contributed by atoms with E-state index in [1.54, 1.807) is 0 Å². The van der Waals surface area contributed by atoms with Crippen LogP contribution in [0.5, 0.6) is 0 Å². The van der Waals surface area contributed by atoms with Gasteiger partial charge in [-0.2, -0.15) is 0 Å². The highest BCUT2D eigenvalue weighted by Crippen LogP contribution is 2.14. The molecule has 16 heavy (non-hydrogen) atoms.